The van der Waals surface area contributed by atoms with Crippen molar-refractivity contribution in [3.05, 3.63) is 90.0 Å². The molecule has 1 N–H and O–H groups in total. The second-order valence-electron chi connectivity index (χ2n) is 9.68. The number of hydrogen-bond acceptors (Lipinski definition) is 5. The number of rotatable bonds is 12. The summed E-state index contributed by atoms with van der Waals surface area (Å²) >= 11 is 0. The van der Waals surface area contributed by atoms with Crippen molar-refractivity contribution in [3.8, 4) is 11.5 Å². The number of hydrogen-bond donors (Lipinski definition) is 1. The molecule has 39 heavy (non-hydrogen) atoms. The van der Waals surface area contributed by atoms with E-state index in [-0.39, 0.29) is 18.5 Å². The number of para-hydroxylation sites is 1. The van der Waals surface area contributed by atoms with Crippen LogP contribution in [0.15, 0.2) is 78.9 Å². The zero-order chi connectivity index (χ0) is 28.6. The summed E-state index contributed by atoms with van der Waals surface area (Å²) in [5.74, 6) is 0.397. The number of nitrogens with zero attached hydrogens (tertiary/aromatic N) is 2. The van der Waals surface area contributed by atoms with Crippen molar-refractivity contribution in [2.24, 2.45) is 0 Å². The molecular formula is C30H37N3O5S. The fourth-order valence-electron chi connectivity index (χ4n) is 3.86. The highest BCUT2D eigenvalue weighted by Gasteiger charge is 2.30. The largest absolute Gasteiger partial charge is 0.457 e. The van der Waals surface area contributed by atoms with Gasteiger partial charge in [0.05, 0.1) is 11.9 Å². The van der Waals surface area contributed by atoms with Gasteiger partial charge in [0.25, 0.3) is 0 Å². The Labute approximate surface area is 231 Å². The predicted molar refractivity (Wildman–Crippen MR) is 154 cm³/mol. The van der Waals surface area contributed by atoms with Crippen LogP contribution in [0.25, 0.3) is 0 Å². The zero-order valence-electron chi connectivity index (χ0n) is 23.1. The first-order chi connectivity index (χ1) is 18.5. The molecule has 0 bridgehead atoms. The molecule has 0 aliphatic carbocycles. The molecule has 0 aromatic heterocycles. The lowest BCUT2D eigenvalue weighted by atomic mass is 10.1. The minimum absolute atomic E-state index is 0.0552. The van der Waals surface area contributed by atoms with E-state index in [1.807, 2.05) is 75.4 Å². The molecule has 3 rings (SSSR count). The molecule has 208 valence electrons. The molecule has 2 amide bonds. The molecule has 0 fully saturated rings. The van der Waals surface area contributed by atoms with Crippen LogP contribution in [0.5, 0.6) is 11.5 Å². The van der Waals surface area contributed by atoms with Gasteiger partial charge in [-0.2, -0.15) is 0 Å². The Balaban J connectivity index is 1.85. The normalized spacial score (nSPS) is 12.7. The second kappa shape index (κ2) is 13.3. The molecule has 9 heteroatoms. The summed E-state index contributed by atoms with van der Waals surface area (Å²) in [4.78, 5) is 28.1. The molecule has 3 aromatic rings. The summed E-state index contributed by atoms with van der Waals surface area (Å²) < 4.78 is 32.4. The molecule has 8 nitrogen and oxygen atoms in total. The van der Waals surface area contributed by atoms with Gasteiger partial charge in [0, 0.05) is 12.6 Å². The van der Waals surface area contributed by atoms with Crippen LogP contribution in [0, 0.1) is 6.92 Å². The molecule has 0 aliphatic rings. The van der Waals surface area contributed by atoms with Gasteiger partial charge in [-0.25, -0.2) is 8.42 Å². The Morgan fingerprint density at radius 1 is 0.897 bits per heavy atom. The number of carbonyl (C=O) groups excluding carboxylic acids is 2. The van der Waals surface area contributed by atoms with Crippen molar-refractivity contribution in [1.82, 2.24) is 10.2 Å². The molecule has 0 saturated carbocycles. The summed E-state index contributed by atoms with van der Waals surface area (Å²) in [5, 5.41) is 2.92. The first kappa shape index (κ1) is 29.7. The monoisotopic (exact) mass is 551 g/mol. The first-order valence-electron chi connectivity index (χ1n) is 12.9. The Morgan fingerprint density at radius 2 is 1.49 bits per heavy atom. The number of sulfonamides is 1. The number of ether oxygens (including phenoxy) is 1. The molecule has 0 aliphatic heterocycles. The number of nitrogens with one attached hydrogen (secondary N) is 1. The van der Waals surface area contributed by atoms with Crippen LogP contribution in [0.1, 0.15) is 38.3 Å². The van der Waals surface area contributed by atoms with Crippen LogP contribution < -0.4 is 14.4 Å². The van der Waals surface area contributed by atoms with Gasteiger partial charge in [-0.3, -0.25) is 13.9 Å². The second-order valence-corrected chi connectivity index (χ2v) is 11.6. The van der Waals surface area contributed by atoms with Gasteiger partial charge in [-0.15, -0.1) is 0 Å². The highest BCUT2D eigenvalue weighted by molar-refractivity contribution is 7.92. The highest BCUT2D eigenvalue weighted by Crippen LogP contribution is 2.26. The lowest BCUT2D eigenvalue weighted by Crippen LogP contribution is -2.52. The maximum Gasteiger partial charge on any atom is 0.244 e. The fourth-order valence-corrected chi connectivity index (χ4v) is 4.71. The summed E-state index contributed by atoms with van der Waals surface area (Å²) in [6.45, 7) is 7.19. The van der Waals surface area contributed by atoms with Crippen LogP contribution in [0.4, 0.5) is 5.69 Å². The molecule has 0 heterocycles. The van der Waals surface area contributed by atoms with Gasteiger partial charge in [0.15, 0.2) is 0 Å². The van der Waals surface area contributed by atoms with E-state index >= 15 is 0 Å². The summed E-state index contributed by atoms with van der Waals surface area (Å²) in [6.07, 6.45) is 1.80. The topological polar surface area (TPSA) is 96.0 Å². The van der Waals surface area contributed by atoms with Gasteiger partial charge < -0.3 is 15.0 Å². The molecule has 2 atom stereocenters. The number of amides is 2. The third-order valence-corrected chi connectivity index (χ3v) is 7.57. The summed E-state index contributed by atoms with van der Waals surface area (Å²) in [6, 6.07) is 22.5. The van der Waals surface area contributed by atoms with Crippen LogP contribution >= 0.6 is 0 Å². The van der Waals surface area contributed by atoms with Crippen molar-refractivity contribution in [2.45, 2.75) is 52.7 Å². The lowest BCUT2D eigenvalue weighted by molar-refractivity contribution is -0.139. The van der Waals surface area contributed by atoms with E-state index in [2.05, 4.69) is 5.32 Å². The molecule has 0 spiro atoms. The molecule has 0 saturated heterocycles. The minimum Gasteiger partial charge on any atom is -0.457 e. The van der Waals surface area contributed by atoms with Gasteiger partial charge in [-0.05, 0) is 69.2 Å². The molecular weight excluding hydrogens is 514 g/mol. The van der Waals surface area contributed by atoms with Gasteiger partial charge in [0.1, 0.15) is 24.1 Å². The molecule has 0 radical (unpaired) electrons. The van der Waals surface area contributed by atoms with E-state index in [1.165, 1.54) is 4.90 Å². The Bertz CT molecular complexity index is 1340. The summed E-state index contributed by atoms with van der Waals surface area (Å²) in [7, 11) is -3.82. The van der Waals surface area contributed by atoms with Crippen molar-refractivity contribution in [1.29, 1.82) is 0 Å². The fraction of sp³-hybridized carbons (Fsp3) is 0.333. The standard InChI is InChI=1S/C30H37N3O5S/c1-6-23(3)31-30(35)24(4)32(20-25-14-12-22(2)13-15-25)29(34)21-33(39(5,36)37)26-16-18-28(19-17-26)38-27-10-8-7-9-11-27/h7-19,23-24H,6,20-21H2,1-5H3,(H,31,35)/t23-,24+/m1/s1. The van der Waals surface area contributed by atoms with Gasteiger partial charge in [0.2, 0.25) is 21.8 Å². The SMILES string of the molecule is CC[C@@H](C)NC(=O)[C@H](C)N(Cc1ccc(C)cc1)C(=O)CN(c1ccc(Oc2ccccc2)cc1)S(C)(=O)=O. The van der Waals surface area contributed by atoms with Crippen LogP contribution in [-0.2, 0) is 26.2 Å². The predicted octanol–water partition coefficient (Wildman–Crippen LogP) is 4.89. The van der Waals surface area contributed by atoms with Crippen molar-refractivity contribution in [3.63, 3.8) is 0 Å². The highest BCUT2D eigenvalue weighted by atomic mass is 32.2. The van der Waals surface area contributed by atoms with E-state index in [9.17, 15) is 18.0 Å². The number of carbonyl (C=O) groups is 2. The first-order valence-corrected chi connectivity index (χ1v) is 14.8. The molecule has 3 aromatic carbocycles. The van der Waals surface area contributed by atoms with Gasteiger partial charge >= 0.3 is 0 Å². The lowest BCUT2D eigenvalue weighted by Gasteiger charge is -2.32. The van der Waals surface area contributed by atoms with E-state index in [0.717, 1.165) is 28.1 Å². The third kappa shape index (κ3) is 8.58. The third-order valence-electron chi connectivity index (χ3n) is 6.42. The Hall–Kier alpha value is -3.85. The quantitative estimate of drug-likeness (QED) is 0.346. The maximum absolute atomic E-state index is 13.7. The van der Waals surface area contributed by atoms with Crippen molar-refractivity contribution in [2.75, 3.05) is 17.1 Å². The van der Waals surface area contributed by atoms with Crippen molar-refractivity contribution < 1.29 is 22.7 Å². The maximum atomic E-state index is 13.7. The number of anilines is 1. The average molecular weight is 552 g/mol. The van der Waals surface area contributed by atoms with Crippen LogP contribution in [0.2, 0.25) is 0 Å². The number of benzene rings is 3. The summed E-state index contributed by atoms with van der Waals surface area (Å²) in [5.41, 5.74) is 2.23. The van der Waals surface area contributed by atoms with Crippen LogP contribution in [-0.4, -0.2) is 50.0 Å². The van der Waals surface area contributed by atoms with E-state index < -0.39 is 28.5 Å². The smallest absolute Gasteiger partial charge is 0.244 e. The average Bonchev–Trinajstić information content (AvgIpc) is 2.91. The van der Waals surface area contributed by atoms with Crippen LogP contribution in [0.3, 0.4) is 0 Å². The minimum atomic E-state index is -3.82. The zero-order valence-corrected chi connectivity index (χ0v) is 23.9. The Morgan fingerprint density at radius 3 is 2.05 bits per heavy atom. The molecule has 0 unspecified atom stereocenters. The van der Waals surface area contributed by atoms with E-state index in [4.69, 9.17) is 4.74 Å². The van der Waals surface area contributed by atoms with E-state index in [0.29, 0.717) is 17.2 Å². The Kier molecular flexibility index (Phi) is 10.1. The van der Waals surface area contributed by atoms with Crippen molar-refractivity contribution >= 4 is 27.5 Å². The van der Waals surface area contributed by atoms with E-state index in [1.54, 1.807) is 31.2 Å². The van der Waals surface area contributed by atoms with Gasteiger partial charge in [-0.1, -0.05) is 55.0 Å². The number of aryl methyl sites for hydroxylation is 1.